The Morgan fingerprint density at radius 2 is 2.13 bits per heavy atom. The fraction of sp³-hybridized carbons (Fsp3) is 0.0909. The van der Waals surface area contributed by atoms with Gasteiger partial charge in [0.2, 0.25) is 5.88 Å². The van der Waals surface area contributed by atoms with E-state index in [1.807, 2.05) is 12.1 Å². The Hall–Kier alpha value is -2.10. The summed E-state index contributed by atoms with van der Waals surface area (Å²) >= 11 is 0. The van der Waals surface area contributed by atoms with E-state index in [4.69, 9.17) is 9.84 Å². The van der Waals surface area contributed by atoms with E-state index in [2.05, 4.69) is 9.97 Å². The van der Waals surface area contributed by atoms with Crippen molar-refractivity contribution in [3.05, 3.63) is 48.4 Å². The van der Waals surface area contributed by atoms with Crippen molar-refractivity contribution in [2.45, 2.75) is 6.61 Å². The highest BCUT2D eigenvalue weighted by molar-refractivity contribution is 5.21. The van der Waals surface area contributed by atoms with Gasteiger partial charge in [-0.15, -0.1) is 0 Å². The molecule has 0 aromatic carbocycles. The van der Waals surface area contributed by atoms with E-state index in [1.165, 1.54) is 12.3 Å². The molecule has 15 heavy (non-hydrogen) atoms. The Morgan fingerprint density at radius 1 is 1.20 bits per heavy atom. The zero-order valence-electron chi connectivity index (χ0n) is 8.00. The summed E-state index contributed by atoms with van der Waals surface area (Å²) in [6.45, 7) is 0.422. The molecule has 0 unspecified atom stereocenters. The summed E-state index contributed by atoms with van der Waals surface area (Å²) < 4.78 is 5.38. The SMILES string of the molecule is Oc1ccc(OCc2cccnc2)nc1. The molecule has 2 aromatic rings. The topological polar surface area (TPSA) is 55.2 Å². The van der Waals surface area contributed by atoms with Gasteiger partial charge in [-0.1, -0.05) is 6.07 Å². The Kier molecular flexibility index (Phi) is 2.78. The lowest BCUT2D eigenvalue weighted by molar-refractivity contribution is 0.292. The molecule has 76 valence electrons. The average Bonchev–Trinajstić information content (AvgIpc) is 2.30. The van der Waals surface area contributed by atoms with Gasteiger partial charge in [0.1, 0.15) is 12.4 Å². The van der Waals surface area contributed by atoms with Crippen LogP contribution in [-0.4, -0.2) is 15.1 Å². The van der Waals surface area contributed by atoms with Crippen LogP contribution in [0.25, 0.3) is 0 Å². The van der Waals surface area contributed by atoms with Crippen molar-refractivity contribution in [2.24, 2.45) is 0 Å². The number of ether oxygens (including phenoxy) is 1. The molecular formula is C11H10N2O2. The minimum atomic E-state index is 0.128. The largest absolute Gasteiger partial charge is 0.506 e. The number of hydrogen-bond acceptors (Lipinski definition) is 4. The van der Waals surface area contributed by atoms with E-state index in [-0.39, 0.29) is 5.75 Å². The van der Waals surface area contributed by atoms with E-state index >= 15 is 0 Å². The molecule has 4 heteroatoms. The summed E-state index contributed by atoms with van der Waals surface area (Å²) in [6, 6.07) is 6.92. The van der Waals surface area contributed by atoms with Crippen LogP contribution in [0.2, 0.25) is 0 Å². The van der Waals surface area contributed by atoms with Crippen LogP contribution >= 0.6 is 0 Å². The minimum absolute atomic E-state index is 0.128. The quantitative estimate of drug-likeness (QED) is 0.823. The number of aromatic hydroxyl groups is 1. The highest BCUT2D eigenvalue weighted by Crippen LogP contribution is 2.12. The molecule has 0 fully saturated rings. The lowest BCUT2D eigenvalue weighted by atomic mass is 10.3. The third-order valence-corrected chi connectivity index (χ3v) is 1.83. The van der Waals surface area contributed by atoms with Gasteiger partial charge in [-0.25, -0.2) is 4.98 Å². The zero-order valence-corrected chi connectivity index (χ0v) is 8.00. The van der Waals surface area contributed by atoms with Crippen LogP contribution in [0.5, 0.6) is 11.6 Å². The number of rotatable bonds is 3. The van der Waals surface area contributed by atoms with E-state index < -0.39 is 0 Å². The van der Waals surface area contributed by atoms with Crippen LogP contribution in [-0.2, 0) is 6.61 Å². The van der Waals surface area contributed by atoms with Crippen molar-refractivity contribution >= 4 is 0 Å². The van der Waals surface area contributed by atoms with Crippen LogP contribution in [0.4, 0.5) is 0 Å². The molecule has 0 aliphatic carbocycles. The third kappa shape index (κ3) is 2.67. The minimum Gasteiger partial charge on any atom is -0.506 e. The van der Waals surface area contributed by atoms with Gasteiger partial charge < -0.3 is 9.84 Å². The average molecular weight is 202 g/mol. The first-order valence-electron chi connectivity index (χ1n) is 4.51. The number of nitrogens with zero attached hydrogens (tertiary/aromatic N) is 2. The smallest absolute Gasteiger partial charge is 0.213 e. The summed E-state index contributed by atoms with van der Waals surface area (Å²) in [4.78, 5) is 7.87. The molecule has 0 saturated heterocycles. The highest BCUT2D eigenvalue weighted by atomic mass is 16.5. The molecular weight excluding hydrogens is 192 g/mol. The first kappa shape index (κ1) is 9.45. The second kappa shape index (κ2) is 4.41. The number of pyridine rings is 2. The fourth-order valence-corrected chi connectivity index (χ4v) is 1.10. The molecule has 2 aromatic heterocycles. The van der Waals surface area contributed by atoms with Gasteiger partial charge in [-0.3, -0.25) is 4.98 Å². The van der Waals surface area contributed by atoms with E-state index in [0.29, 0.717) is 12.5 Å². The van der Waals surface area contributed by atoms with Crippen LogP contribution in [0.3, 0.4) is 0 Å². The maximum atomic E-state index is 9.01. The van der Waals surface area contributed by atoms with Gasteiger partial charge in [-0.2, -0.15) is 0 Å². The van der Waals surface area contributed by atoms with Crippen LogP contribution in [0.1, 0.15) is 5.56 Å². The second-order valence-corrected chi connectivity index (χ2v) is 3.00. The summed E-state index contributed by atoms with van der Waals surface area (Å²) in [6.07, 6.45) is 4.79. The first-order valence-corrected chi connectivity index (χ1v) is 4.51. The lowest BCUT2D eigenvalue weighted by Gasteiger charge is -2.04. The van der Waals surface area contributed by atoms with E-state index in [9.17, 15) is 0 Å². The highest BCUT2D eigenvalue weighted by Gasteiger charge is 1.96. The molecule has 0 aliphatic heterocycles. The standard InChI is InChI=1S/C11H10N2O2/c14-10-3-4-11(13-7-10)15-8-9-2-1-5-12-6-9/h1-7,14H,8H2. The summed E-state index contributed by atoms with van der Waals surface area (Å²) in [7, 11) is 0. The van der Waals surface area contributed by atoms with Crippen molar-refractivity contribution in [2.75, 3.05) is 0 Å². The number of hydrogen-bond donors (Lipinski definition) is 1. The van der Waals surface area contributed by atoms with Crippen LogP contribution < -0.4 is 4.74 Å². The maximum Gasteiger partial charge on any atom is 0.213 e. The zero-order chi connectivity index (χ0) is 10.5. The van der Waals surface area contributed by atoms with Crippen molar-refractivity contribution in [3.8, 4) is 11.6 Å². The van der Waals surface area contributed by atoms with Crippen molar-refractivity contribution in [3.63, 3.8) is 0 Å². The molecule has 1 N–H and O–H groups in total. The molecule has 0 radical (unpaired) electrons. The summed E-state index contributed by atoms with van der Waals surface area (Å²) in [5.41, 5.74) is 0.979. The summed E-state index contributed by atoms with van der Waals surface area (Å²) in [5, 5.41) is 9.01. The normalized spacial score (nSPS) is 9.87. The molecule has 0 spiro atoms. The first-order chi connectivity index (χ1) is 7.34. The third-order valence-electron chi connectivity index (χ3n) is 1.83. The predicted molar refractivity (Wildman–Crippen MR) is 54.5 cm³/mol. The Labute approximate surface area is 87.2 Å². The van der Waals surface area contributed by atoms with Crippen molar-refractivity contribution in [1.29, 1.82) is 0 Å². The monoisotopic (exact) mass is 202 g/mol. The fourth-order valence-electron chi connectivity index (χ4n) is 1.10. The van der Waals surface area contributed by atoms with E-state index in [0.717, 1.165) is 5.56 Å². The molecule has 0 amide bonds. The van der Waals surface area contributed by atoms with Gasteiger partial charge >= 0.3 is 0 Å². The van der Waals surface area contributed by atoms with Gasteiger partial charge in [-0.05, 0) is 12.1 Å². The van der Waals surface area contributed by atoms with Crippen LogP contribution in [0, 0.1) is 0 Å². The Morgan fingerprint density at radius 3 is 2.80 bits per heavy atom. The van der Waals surface area contributed by atoms with Gasteiger partial charge in [0.05, 0.1) is 6.20 Å². The predicted octanol–water partition coefficient (Wildman–Crippen LogP) is 1.76. The second-order valence-electron chi connectivity index (χ2n) is 3.00. The van der Waals surface area contributed by atoms with E-state index in [1.54, 1.807) is 18.5 Å². The molecule has 4 nitrogen and oxygen atoms in total. The molecule has 0 bridgehead atoms. The molecule has 2 heterocycles. The Balaban J connectivity index is 1.96. The molecule has 0 atom stereocenters. The van der Waals surface area contributed by atoms with Gasteiger partial charge in [0.15, 0.2) is 0 Å². The maximum absolute atomic E-state index is 9.01. The summed E-state index contributed by atoms with van der Waals surface area (Å²) in [5.74, 6) is 0.611. The number of aromatic nitrogens is 2. The molecule has 2 rings (SSSR count). The Bertz CT molecular complexity index is 414. The van der Waals surface area contributed by atoms with Gasteiger partial charge in [0, 0.05) is 24.0 Å². The van der Waals surface area contributed by atoms with Gasteiger partial charge in [0.25, 0.3) is 0 Å². The van der Waals surface area contributed by atoms with Crippen molar-refractivity contribution in [1.82, 2.24) is 9.97 Å². The molecule has 0 aliphatic rings. The van der Waals surface area contributed by atoms with Crippen molar-refractivity contribution < 1.29 is 9.84 Å². The molecule has 0 saturated carbocycles. The van der Waals surface area contributed by atoms with Crippen LogP contribution in [0.15, 0.2) is 42.9 Å². The lowest BCUT2D eigenvalue weighted by Crippen LogP contribution is -1.96.